The molecule has 0 aliphatic rings. The van der Waals surface area contributed by atoms with Crippen LogP contribution < -0.4 is 10.4 Å². The van der Waals surface area contributed by atoms with E-state index in [0.29, 0.717) is 10.5 Å². The first-order chi connectivity index (χ1) is 16.4. The van der Waals surface area contributed by atoms with Crippen LogP contribution in [0.5, 0.6) is 5.75 Å². The van der Waals surface area contributed by atoms with Crippen LogP contribution in [-0.4, -0.2) is 19.0 Å². The first kappa shape index (κ1) is 22.2. The normalized spacial score (nSPS) is 11.8. The van der Waals surface area contributed by atoms with Gasteiger partial charge in [0.25, 0.3) is 5.56 Å². The van der Waals surface area contributed by atoms with E-state index in [4.69, 9.17) is 4.99 Å². The first-order valence-corrected chi connectivity index (χ1v) is 12.3. The molecule has 170 valence electrons. The highest BCUT2D eigenvalue weighted by Crippen LogP contribution is 2.27. The van der Waals surface area contributed by atoms with E-state index in [1.54, 1.807) is 16.8 Å². The summed E-state index contributed by atoms with van der Waals surface area (Å²) in [6.45, 7) is 1.94. The van der Waals surface area contributed by atoms with Gasteiger partial charge in [-0.25, -0.2) is 9.67 Å². The summed E-state index contributed by atoms with van der Waals surface area (Å²) in [5.41, 5.74) is 4.48. The summed E-state index contributed by atoms with van der Waals surface area (Å²) in [5.74, 6) is 0.188. The highest BCUT2D eigenvalue weighted by atomic mass is 79.9. The summed E-state index contributed by atoms with van der Waals surface area (Å²) in [4.78, 5) is 19.4. The number of halogens is 1. The Morgan fingerprint density at radius 2 is 1.62 bits per heavy atom. The van der Waals surface area contributed by atoms with Gasteiger partial charge in [0.1, 0.15) is 11.4 Å². The molecule has 0 aliphatic heterocycles. The molecule has 2 heterocycles. The molecule has 5 aromatic rings. The van der Waals surface area contributed by atoms with Gasteiger partial charge >= 0.3 is 0 Å². The van der Waals surface area contributed by atoms with E-state index in [1.807, 2.05) is 95.3 Å². The SMILES string of the molecule is Cc1c(-n2c(-c3ccc(O)cc3)csc2=Nc2ccc(Br)cc2)c(=O)n(-c2ccccc2)n1C. The van der Waals surface area contributed by atoms with E-state index in [-0.39, 0.29) is 11.3 Å². The van der Waals surface area contributed by atoms with Crippen molar-refractivity contribution in [2.45, 2.75) is 6.92 Å². The lowest BCUT2D eigenvalue weighted by molar-refractivity contribution is 0.475. The smallest absolute Gasteiger partial charge is 0.296 e. The number of aromatic hydroxyl groups is 1. The molecule has 0 bridgehead atoms. The average Bonchev–Trinajstić information content (AvgIpc) is 3.34. The lowest BCUT2D eigenvalue weighted by atomic mass is 10.1. The van der Waals surface area contributed by atoms with E-state index >= 15 is 0 Å². The fourth-order valence-corrected chi connectivity index (χ4v) is 5.05. The Balaban J connectivity index is 1.81. The molecule has 0 radical (unpaired) electrons. The molecular weight excluding hydrogens is 512 g/mol. The molecule has 1 N–H and O–H groups in total. The molecule has 3 aromatic carbocycles. The zero-order chi connectivity index (χ0) is 23.8. The number of hydrogen-bond donors (Lipinski definition) is 1. The van der Waals surface area contributed by atoms with E-state index in [0.717, 1.165) is 32.8 Å². The van der Waals surface area contributed by atoms with Gasteiger partial charge in [-0.05, 0) is 73.2 Å². The first-order valence-electron chi connectivity index (χ1n) is 10.6. The number of rotatable bonds is 4. The molecule has 0 spiro atoms. The highest BCUT2D eigenvalue weighted by Gasteiger charge is 2.22. The largest absolute Gasteiger partial charge is 0.508 e. The van der Waals surface area contributed by atoms with Crippen LogP contribution in [0.3, 0.4) is 0 Å². The molecule has 0 saturated carbocycles. The maximum Gasteiger partial charge on any atom is 0.296 e. The van der Waals surface area contributed by atoms with Gasteiger partial charge in [0, 0.05) is 16.9 Å². The number of hydrogen-bond acceptors (Lipinski definition) is 4. The standard InChI is InChI=1S/C26H21BrN4O2S/c1-17-24(25(33)31(29(17)2)21-6-4-3-5-7-21)30-23(18-8-14-22(32)15-9-18)16-34-26(30)28-20-12-10-19(27)11-13-20/h3-16,32H,1-2H3. The Hall–Kier alpha value is -3.62. The second-order valence-corrected chi connectivity index (χ2v) is 9.54. The number of phenolic OH excluding ortho intramolecular Hbond substituents is 1. The molecule has 5 rings (SSSR count). The van der Waals surface area contributed by atoms with Crippen LogP contribution in [0, 0.1) is 6.92 Å². The van der Waals surface area contributed by atoms with Gasteiger partial charge in [-0.2, -0.15) is 0 Å². The molecule has 0 saturated heterocycles. The van der Waals surface area contributed by atoms with Crippen LogP contribution in [-0.2, 0) is 7.05 Å². The van der Waals surface area contributed by atoms with Crippen LogP contribution in [0.15, 0.2) is 98.5 Å². The van der Waals surface area contributed by atoms with E-state index in [2.05, 4.69) is 15.9 Å². The van der Waals surface area contributed by atoms with Crippen molar-refractivity contribution in [3.05, 3.63) is 110 Å². The quantitative estimate of drug-likeness (QED) is 0.322. The number of phenols is 1. The molecule has 6 nitrogen and oxygen atoms in total. The average molecular weight is 533 g/mol. The highest BCUT2D eigenvalue weighted by molar-refractivity contribution is 9.10. The van der Waals surface area contributed by atoms with Crippen molar-refractivity contribution in [1.29, 1.82) is 0 Å². The summed E-state index contributed by atoms with van der Waals surface area (Å²) in [5, 5.41) is 11.8. The molecule has 0 atom stereocenters. The summed E-state index contributed by atoms with van der Waals surface area (Å²) >= 11 is 4.93. The van der Waals surface area contributed by atoms with Crippen LogP contribution in [0.2, 0.25) is 0 Å². The third-order valence-electron chi connectivity index (χ3n) is 5.67. The van der Waals surface area contributed by atoms with Gasteiger partial charge in [0.2, 0.25) is 0 Å². The van der Waals surface area contributed by atoms with Gasteiger partial charge in [-0.1, -0.05) is 34.1 Å². The van der Waals surface area contributed by atoms with Gasteiger partial charge < -0.3 is 5.11 Å². The number of thiazole rings is 1. The summed E-state index contributed by atoms with van der Waals surface area (Å²) < 4.78 is 6.41. The fourth-order valence-electron chi connectivity index (χ4n) is 3.88. The second kappa shape index (κ2) is 8.96. The summed E-state index contributed by atoms with van der Waals surface area (Å²) in [6, 6.07) is 24.3. The van der Waals surface area contributed by atoms with Gasteiger partial charge in [0.05, 0.1) is 22.8 Å². The van der Waals surface area contributed by atoms with Crippen molar-refractivity contribution in [2.24, 2.45) is 12.0 Å². The number of nitrogens with zero attached hydrogens (tertiary/aromatic N) is 4. The molecule has 0 unspecified atom stereocenters. The van der Waals surface area contributed by atoms with Gasteiger partial charge in [-0.15, -0.1) is 11.3 Å². The Kier molecular flexibility index (Phi) is 5.85. The third-order valence-corrected chi connectivity index (χ3v) is 7.02. The molecule has 0 aliphatic carbocycles. The minimum atomic E-state index is -0.137. The van der Waals surface area contributed by atoms with E-state index in [1.165, 1.54) is 11.3 Å². The number of aromatic nitrogens is 3. The Bertz CT molecular complexity index is 1590. The zero-order valence-electron chi connectivity index (χ0n) is 18.5. The van der Waals surface area contributed by atoms with Crippen molar-refractivity contribution in [3.8, 4) is 28.4 Å². The van der Waals surface area contributed by atoms with Crippen molar-refractivity contribution in [1.82, 2.24) is 13.9 Å². The third kappa shape index (κ3) is 3.95. The number of benzene rings is 3. The molecule has 0 fully saturated rings. The Morgan fingerprint density at radius 1 is 0.941 bits per heavy atom. The number of para-hydroxylation sites is 1. The van der Waals surface area contributed by atoms with Crippen molar-refractivity contribution in [2.75, 3.05) is 0 Å². The predicted octanol–water partition coefficient (Wildman–Crippen LogP) is 5.70. The molecule has 0 amide bonds. The molecule has 34 heavy (non-hydrogen) atoms. The topological polar surface area (TPSA) is 64.4 Å². The summed E-state index contributed by atoms with van der Waals surface area (Å²) in [6.07, 6.45) is 0. The monoisotopic (exact) mass is 532 g/mol. The predicted molar refractivity (Wildman–Crippen MR) is 139 cm³/mol. The van der Waals surface area contributed by atoms with Crippen molar-refractivity contribution < 1.29 is 5.11 Å². The lowest BCUT2D eigenvalue weighted by Crippen LogP contribution is -2.24. The van der Waals surface area contributed by atoms with Crippen molar-refractivity contribution >= 4 is 33.0 Å². The van der Waals surface area contributed by atoms with Crippen LogP contribution in [0.1, 0.15) is 5.69 Å². The molecule has 2 aromatic heterocycles. The Labute approximate surface area is 208 Å². The van der Waals surface area contributed by atoms with E-state index in [9.17, 15) is 9.90 Å². The van der Waals surface area contributed by atoms with E-state index < -0.39 is 0 Å². The van der Waals surface area contributed by atoms with Crippen LogP contribution in [0.25, 0.3) is 22.6 Å². The zero-order valence-corrected chi connectivity index (χ0v) is 20.9. The lowest BCUT2D eigenvalue weighted by Gasteiger charge is -2.08. The van der Waals surface area contributed by atoms with Crippen molar-refractivity contribution in [3.63, 3.8) is 0 Å². The van der Waals surface area contributed by atoms with Crippen LogP contribution >= 0.6 is 27.3 Å². The fraction of sp³-hybridized carbons (Fsp3) is 0.0769. The minimum Gasteiger partial charge on any atom is -0.508 e. The maximum absolute atomic E-state index is 13.8. The van der Waals surface area contributed by atoms with Crippen LogP contribution in [0.4, 0.5) is 5.69 Å². The molecule has 8 heteroatoms. The second-order valence-electron chi connectivity index (χ2n) is 7.78. The summed E-state index contributed by atoms with van der Waals surface area (Å²) in [7, 11) is 1.88. The Morgan fingerprint density at radius 3 is 2.29 bits per heavy atom. The maximum atomic E-state index is 13.8. The van der Waals surface area contributed by atoms with Gasteiger partial charge in [0.15, 0.2) is 4.80 Å². The minimum absolute atomic E-state index is 0.137. The molecular formula is C26H21BrN4O2S. The van der Waals surface area contributed by atoms with Gasteiger partial charge in [-0.3, -0.25) is 14.0 Å².